The summed E-state index contributed by atoms with van der Waals surface area (Å²) in [4.78, 5) is 14.5. The zero-order chi connectivity index (χ0) is 14.5. The van der Waals surface area contributed by atoms with Crippen molar-refractivity contribution in [1.82, 2.24) is 4.90 Å². The standard InChI is InChI=1S/C16H22BrNO2/c1-12-10-18(11-13(2)20-12)9-3-4-16(19)14-5-7-15(17)8-6-14/h5-8,12-13H,3-4,9-11H2,1-2H3/t12-,13+. The third kappa shape index (κ3) is 4.69. The zero-order valence-corrected chi connectivity index (χ0v) is 13.7. The summed E-state index contributed by atoms with van der Waals surface area (Å²) in [6, 6.07) is 7.59. The van der Waals surface area contributed by atoms with Crippen molar-refractivity contribution < 1.29 is 9.53 Å². The highest BCUT2D eigenvalue weighted by Crippen LogP contribution is 2.14. The van der Waals surface area contributed by atoms with Gasteiger partial charge in [-0.15, -0.1) is 0 Å². The first kappa shape index (κ1) is 15.7. The van der Waals surface area contributed by atoms with Crippen LogP contribution in [0, 0.1) is 0 Å². The minimum atomic E-state index is 0.229. The molecule has 110 valence electrons. The van der Waals surface area contributed by atoms with E-state index in [9.17, 15) is 4.79 Å². The Bertz CT molecular complexity index is 436. The molecule has 0 aromatic heterocycles. The van der Waals surface area contributed by atoms with E-state index in [1.165, 1.54) is 0 Å². The molecular formula is C16H22BrNO2. The minimum absolute atomic E-state index is 0.229. The molecule has 0 unspecified atom stereocenters. The van der Waals surface area contributed by atoms with Gasteiger partial charge in [-0.3, -0.25) is 9.69 Å². The minimum Gasteiger partial charge on any atom is -0.373 e. The van der Waals surface area contributed by atoms with Gasteiger partial charge in [0.15, 0.2) is 5.78 Å². The molecule has 2 rings (SSSR count). The molecule has 0 saturated carbocycles. The molecule has 0 spiro atoms. The van der Waals surface area contributed by atoms with Gasteiger partial charge in [-0.1, -0.05) is 28.1 Å². The van der Waals surface area contributed by atoms with E-state index >= 15 is 0 Å². The molecule has 1 fully saturated rings. The molecule has 0 radical (unpaired) electrons. The van der Waals surface area contributed by atoms with E-state index < -0.39 is 0 Å². The topological polar surface area (TPSA) is 29.5 Å². The van der Waals surface area contributed by atoms with E-state index in [2.05, 4.69) is 34.7 Å². The lowest BCUT2D eigenvalue weighted by Crippen LogP contribution is -2.45. The smallest absolute Gasteiger partial charge is 0.162 e. The molecule has 0 N–H and O–H groups in total. The normalized spacial score (nSPS) is 23.8. The fraction of sp³-hybridized carbons (Fsp3) is 0.562. The predicted octanol–water partition coefficient (Wildman–Crippen LogP) is 3.52. The number of Topliss-reactive ketones (excluding diaryl/α,β-unsaturated/α-hetero) is 1. The van der Waals surface area contributed by atoms with Gasteiger partial charge >= 0.3 is 0 Å². The van der Waals surface area contributed by atoms with Gasteiger partial charge in [0.2, 0.25) is 0 Å². The van der Waals surface area contributed by atoms with E-state index in [1.54, 1.807) is 0 Å². The summed E-state index contributed by atoms with van der Waals surface area (Å²) in [6.45, 7) is 7.12. The van der Waals surface area contributed by atoms with Gasteiger partial charge in [0.1, 0.15) is 0 Å². The molecule has 0 bridgehead atoms. The largest absolute Gasteiger partial charge is 0.373 e. The molecule has 0 aliphatic carbocycles. The number of hydrogen-bond acceptors (Lipinski definition) is 3. The molecule has 4 heteroatoms. The number of morpholine rings is 1. The van der Waals surface area contributed by atoms with Crippen LogP contribution in [0.2, 0.25) is 0 Å². The van der Waals surface area contributed by atoms with Crippen LogP contribution in [-0.2, 0) is 4.74 Å². The van der Waals surface area contributed by atoms with Crippen molar-refractivity contribution >= 4 is 21.7 Å². The molecular weight excluding hydrogens is 318 g/mol. The quantitative estimate of drug-likeness (QED) is 0.768. The monoisotopic (exact) mass is 339 g/mol. The van der Waals surface area contributed by atoms with Crippen LogP contribution in [0.5, 0.6) is 0 Å². The number of ether oxygens (including phenoxy) is 1. The van der Waals surface area contributed by atoms with E-state index in [4.69, 9.17) is 4.74 Å². The molecule has 1 saturated heterocycles. The number of nitrogens with zero attached hydrogens (tertiary/aromatic N) is 1. The Hall–Kier alpha value is -0.710. The SMILES string of the molecule is C[C@@H]1CN(CCCC(=O)c2ccc(Br)cc2)C[C@H](C)O1. The Morgan fingerprint density at radius 2 is 1.85 bits per heavy atom. The Morgan fingerprint density at radius 3 is 2.45 bits per heavy atom. The van der Waals surface area contributed by atoms with Crippen molar-refractivity contribution in [3.63, 3.8) is 0 Å². The lowest BCUT2D eigenvalue weighted by Gasteiger charge is -2.35. The van der Waals surface area contributed by atoms with Crippen LogP contribution in [-0.4, -0.2) is 42.5 Å². The van der Waals surface area contributed by atoms with Gasteiger partial charge in [-0.25, -0.2) is 0 Å². The zero-order valence-electron chi connectivity index (χ0n) is 12.1. The maximum atomic E-state index is 12.1. The number of carbonyl (C=O) groups is 1. The summed E-state index contributed by atoms with van der Waals surface area (Å²) in [6.07, 6.45) is 2.11. The summed E-state index contributed by atoms with van der Waals surface area (Å²) < 4.78 is 6.72. The average Bonchev–Trinajstić information content (AvgIpc) is 2.38. The Balaban J connectivity index is 1.75. The maximum Gasteiger partial charge on any atom is 0.162 e. The molecule has 3 nitrogen and oxygen atoms in total. The first-order valence-electron chi connectivity index (χ1n) is 7.21. The lowest BCUT2D eigenvalue weighted by atomic mass is 10.1. The van der Waals surface area contributed by atoms with Crippen LogP contribution >= 0.6 is 15.9 Å². The molecule has 1 heterocycles. The van der Waals surface area contributed by atoms with Crippen molar-refractivity contribution in [2.45, 2.75) is 38.9 Å². The third-order valence-corrected chi connectivity index (χ3v) is 4.07. The lowest BCUT2D eigenvalue weighted by molar-refractivity contribution is -0.0680. The summed E-state index contributed by atoms with van der Waals surface area (Å²) in [7, 11) is 0. The van der Waals surface area contributed by atoms with Crippen molar-refractivity contribution in [3.05, 3.63) is 34.3 Å². The summed E-state index contributed by atoms with van der Waals surface area (Å²) in [5.41, 5.74) is 0.803. The molecule has 20 heavy (non-hydrogen) atoms. The van der Waals surface area contributed by atoms with Gasteiger partial charge in [0, 0.05) is 29.5 Å². The Kier molecular flexibility index (Phi) is 5.75. The van der Waals surface area contributed by atoms with Crippen LogP contribution in [0.1, 0.15) is 37.0 Å². The fourth-order valence-corrected chi connectivity index (χ4v) is 2.97. The highest BCUT2D eigenvalue weighted by Gasteiger charge is 2.21. The van der Waals surface area contributed by atoms with Crippen molar-refractivity contribution in [2.75, 3.05) is 19.6 Å². The van der Waals surface area contributed by atoms with Gasteiger partial charge in [-0.05, 0) is 38.9 Å². The molecule has 1 aromatic carbocycles. The van der Waals surface area contributed by atoms with Crippen molar-refractivity contribution in [1.29, 1.82) is 0 Å². The van der Waals surface area contributed by atoms with Crippen LogP contribution in [0.25, 0.3) is 0 Å². The van der Waals surface area contributed by atoms with Gasteiger partial charge in [0.25, 0.3) is 0 Å². The highest BCUT2D eigenvalue weighted by atomic mass is 79.9. The number of rotatable bonds is 5. The summed E-state index contributed by atoms with van der Waals surface area (Å²) >= 11 is 3.38. The molecule has 2 atom stereocenters. The van der Waals surface area contributed by atoms with Gasteiger partial charge < -0.3 is 4.74 Å². The second-order valence-corrected chi connectivity index (χ2v) is 6.47. The van der Waals surface area contributed by atoms with E-state index in [1.807, 2.05) is 24.3 Å². The van der Waals surface area contributed by atoms with Crippen LogP contribution < -0.4 is 0 Å². The number of ketones is 1. The maximum absolute atomic E-state index is 12.1. The van der Waals surface area contributed by atoms with E-state index in [0.717, 1.165) is 36.1 Å². The Labute approximate surface area is 129 Å². The van der Waals surface area contributed by atoms with Crippen LogP contribution in [0.15, 0.2) is 28.7 Å². The Morgan fingerprint density at radius 1 is 1.25 bits per heavy atom. The highest BCUT2D eigenvalue weighted by molar-refractivity contribution is 9.10. The average molecular weight is 340 g/mol. The second kappa shape index (κ2) is 7.34. The molecule has 1 aromatic rings. The van der Waals surface area contributed by atoms with Crippen molar-refractivity contribution in [2.24, 2.45) is 0 Å². The van der Waals surface area contributed by atoms with E-state index in [0.29, 0.717) is 18.6 Å². The van der Waals surface area contributed by atoms with Gasteiger partial charge in [-0.2, -0.15) is 0 Å². The van der Waals surface area contributed by atoms with Gasteiger partial charge in [0.05, 0.1) is 12.2 Å². The molecule has 0 amide bonds. The summed E-state index contributed by atoms with van der Waals surface area (Å²) in [5, 5.41) is 0. The number of halogens is 1. The first-order valence-corrected chi connectivity index (χ1v) is 8.00. The number of hydrogen-bond donors (Lipinski definition) is 0. The second-order valence-electron chi connectivity index (χ2n) is 5.55. The van der Waals surface area contributed by atoms with Crippen LogP contribution in [0.4, 0.5) is 0 Å². The van der Waals surface area contributed by atoms with Crippen LogP contribution in [0.3, 0.4) is 0 Å². The van der Waals surface area contributed by atoms with E-state index in [-0.39, 0.29) is 5.78 Å². The fourth-order valence-electron chi connectivity index (χ4n) is 2.71. The number of carbonyl (C=O) groups excluding carboxylic acids is 1. The van der Waals surface area contributed by atoms with Crippen molar-refractivity contribution in [3.8, 4) is 0 Å². The number of benzene rings is 1. The first-order chi connectivity index (χ1) is 9.54. The predicted molar refractivity (Wildman–Crippen MR) is 84.2 cm³/mol. The third-order valence-electron chi connectivity index (χ3n) is 3.54. The molecule has 1 aliphatic heterocycles. The summed E-state index contributed by atoms with van der Waals surface area (Å²) in [5.74, 6) is 0.229. The molecule has 1 aliphatic rings.